The first-order valence-corrected chi connectivity index (χ1v) is 7.90. The van der Waals surface area contributed by atoms with Gasteiger partial charge in [0.15, 0.2) is 0 Å². The van der Waals surface area contributed by atoms with Crippen LogP contribution in [0.25, 0.3) is 10.4 Å². The molecule has 0 radical (unpaired) electrons. The summed E-state index contributed by atoms with van der Waals surface area (Å²) in [5.41, 5.74) is 2.83. The summed E-state index contributed by atoms with van der Waals surface area (Å²) in [5, 5.41) is 9.64. The number of Topliss-reactive ketones (excluding diaryl/α,β-unsaturated/α-hetero) is 1. The molecule has 0 atom stereocenters. The van der Waals surface area contributed by atoms with E-state index in [0.717, 1.165) is 20.9 Å². The second kappa shape index (κ2) is 6.02. The average molecular weight is 316 g/mol. The summed E-state index contributed by atoms with van der Waals surface area (Å²) >= 11 is 1.50. The van der Waals surface area contributed by atoms with Gasteiger partial charge in [-0.2, -0.15) is 0 Å². The molecule has 0 saturated carbocycles. The zero-order valence-electron chi connectivity index (χ0n) is 12.2. The van der Waals surface area contributed by atoms with E-state index >= 15 is 0 Å². The number of carbonyl (C=O) groups excluding carboxylic acids is 1. The number of aromatic carboxylic acids is 1. The first-order valence-electron chi connectivity index (χ1n) is 7.08. The molecule has 5 heteroatoms. The molecule has 1 heterocycles. The highest BCUT2D eigenvalue weighted by molar-refractivity contribution is 7.16. The van der Waals surface area contributed by atoms with Gasteiger partial charge in [-0.1, -0.05) is 24.3 Å². The van der Waals surface area contributed by atoms with Gasteiger partial charge in [-0.15, -0.1) is 11.3 Å². The van der Waals surface area contributed by atoms with Crippen molar-refractivity contribution in [3.8, 4) is 10.4 Å². The van der Waals surface area contributed by atoms with Gasteiger partial charge in [-0.3, -0.25) is 4.79 Å². The maximum Gasteiger partial charge on any atom is 0.337 e. The Kier molecular flexibility index (Phi) is 4.09. The highest BCUT2D eigenvalue weighted by Gasteiger charge is 2.29. The Morgan fingerprint density at radius 3 is 2.82 bits per heavy atom. The first kappa shape index (κ1) is 14.9. The topological polar surface area (TPSA) is 63.6 Å². The second-order valence-corrected chi connectivity index (χ2v) is 6.42. The molecular formula is C17H16O4S. The molecule has 3 rings (SSSR count). The van der Waals surface area contributed by atoms with E-state index in [4.69, 9.17) is 4.74 Å². The molecule has 4 nitrogen and oxygen atoms in total. The molecule has 0 saturated heterocycles. The Morgan fingerprint density at radius 2 is 2.09 bits per heavy atom. The molecular weight excluding hydrogens is 300 g/mol. The molecule has 0 unspecified atom stereocenters. The maximum absolute atomic E-state index is 11.8. The lowest BCUT2D eigenvalue weighted by atomic mass is 9.92. The minimum absolute atomic E-state index is 0.115. The molecule has 1 N–H and O–H groups in total. The minimum atomic E-state index is -0.964. The van der Waals surface area contributed by atoms with Crippen LogP contribution in [0.4, 0.5) is 0 Å². The Hall–Kier alpha value is -1.98. The molecule has 0 fully saturated rings. The van der Waals surface area contributed by atoms with Gasteiger partial charge < -0.3 is 9.84 Å². The number of ketones is 1. The lowest BCUT2D eigenvalue weighted by molar-refractivity contribution is -0.118. The van der Waals surface area contributed by atoms with Gasteiger partial charge in [-0.25, -0.2) is 4.79 Å². The molecule has 1 aromatic heterocycles. The average Bonchev–Trinajstić information content (AvgIpc) is 2.86. The number of benzene rings is 1. The van der Waals surface area contributed by atoms with Crippen LogP contribution in [0, 0.1) is 0 Å². The molecule has 1 aromatic carbocycles. The number of hydrogen-bond donors (Lipinski definition) is 1. The predicted octanol–water partition coefficient (Wildman–Crippen LogP) is 3.32. The molecule has 1 aliphatic rings. The van der Waals surface area contributed by atoms with Crippen molar-refractivity contribution in [3.05, 3.63) is 45.8 Å². The van der Waals surface area contributed by atoms with Crippen LogP contribution in [0.5, 0.6) is 0 Å². The normalized spacial score (nSPS) is 14.0. The Bertz CT molecular complexity index is 745. The number of aryl methyl sites for hydroxylation is 1. The number of methoxy groups -OCH3 is 1. The lowest BCUT2D eigenvalue weighted by Gasteiger charge is -2.10. The fourth-order valence-electron chi connectivity index (χ4n) is 2.88. The highest BCUT2D eigenvalue weighted by Crippen LogP contribution is 2.41. The maximum atomic E-state index is 11.8. The van der Waals surface area contributed by atoms with Crippen LogP contribution < -0.4 is 0 Å². The number of rotatable bonds is 4. The number of hydrogen-bond acceptors (Lipinski definition) is 4. The van der Waals surface area contributed by atoms with Crippen molar-refractivity contribution in [2.45, 2.75) is 25.9 Å². The van der Waals surface area contributed by atoms with E-state index in [1.54, 1.807) is 7.11 Å². The van der Waals surface area contributed by atoms with Crippen molar-refractivity contribution < 1.29 is 19.4 Å². The zero-order valence-corrected chi connectivity index (χ0v) is 13.0. The van der Waals surface area contributed by atoms with Crippen LogP contribution >= 0.6 is 11.3 Å². The Morgan fingerprint density at radius 1 is 1.32 bits per heavy atom. The van der Waals surface area contributed by atoms with Gasteiger partial charge in [0.1, 0.15) is 5.78 Å². The number of carboxylic acids is 1. The summed E-state index contributed by atoms with van der Waals surface area (Å²) in [5.74, 6) is -0.848. The number of carboxylic acid groups (broad SMARTS) is 1. The molecule has 0 spiro atoms. The van der Waals surface area contributed by atoms with E-state index < -0.39 is 5.97 Å². The number of ether oxygens (including phenoxy) is 1. The third kappa shape index (κ3) is 2.58. The van der Waals surface area contributed by atoms with Crippen LogP contribution in [0.2, 0.25) is 0 Å². The molecule has 0 bridgehead atoms. The van der Waals surface area contributed by atoms with Crippen molar-refractivity contribution >= 4 is 23.1 Å². The van der Waals surface area contributed by atoms with Crippen molar-refractivity contribution in [3.63, 3.8) is 0 Å². The largest absolute Gasteiger partial charge is 0.478 e. The number of carbonyl (C=O) groups is 2. The van der Waals surface area contributed by atoms with E-state index in [1.165, 1.54) is 11.3 Å². The van der Waals surface area contributed by atoms with E-state index in [1.807, 2.05) is 24.3 Å². The van der Waals surface area contributed by atoms with Crippen LogP contribution in [0.3, 0.4) is 0 Å². The molecule has 114 valence electrons. The molecule has 22 heavy (non-hydrogen) atoms. The van der Waals surface area contributed by atoms with Gasteiger partial charge in [0.05, 0.1) is 12.2 Å². The number of thiophene rings is 1. The predicted molar refractivity (Wildman–Crippen MR) is 84.5 cm³/mol. The second-order valence-electron chi connectivity index (χ2n) is 5.32. The van der Waals surface area contributed by atoms with E-state index in [0.29, 0.717) is 25.0 Å². The highest BCUT2D eigenvalue weighted by atomic mass is 32.1. The Labute approximate surface area is 132 Å². The van der Waals surface area contributed by atoms with Gasteiger partial charge in [-0.05, 0) is 23.1 Å². The van der Waals surface area contributed by atoms with Crippen molar-refractivity contribution in [2.75, 3.05) is 7.11 Å². The minimum Gasteiger partial charge on any atom is -0.478 e. The van der Waals surface area contributed by atoms with E-state index in [2.05, 4.69) is 0 Å². The summed E-state index contributed by atoms with van der Waals surface area (Å²) in [7, 11) is 1.62. The monoisotopic (exact) mass is 316 g/mol. The third-order valence-corrected chi connectivity index (χ3v) is 5.20. The first-order chi connectivity index (χ1) is 10.6. The van der Waals surface area contributed by atoms with Crippen LogP contribution in [-0.4, -0.2) is 24.0 Å². The summed E-state index contributed by atoms with van der Waals surface area (Å²) < 4.78 is 5.21. The smallest absolute Gasteiger partial charge is 0.337 e. The van der Waals surface area contributed by atoms with Crippen LogP contribution in [-0.2, 0) is 29.0 Å². The van der Waals surface area contributed by atoms with Crippen LogP contribution in [0.15, 0.2) is 24.3 Å². The quantitative estimate of drug-likeness (QED) is 0.940. The third-order valence-electron chi connectivity index (χ3n) is 3.87. The molecule has 1 aliphatic carbocycles. The zero-order chi connectivity index (χ0) is 15.7. The SMILES string of the molecule is COCc1ccccc1-c1sc2c(c1C(=O)O)CC(=O)CC2. The van der Waals surface area contributed by atoms with Crippen molar-refractivity contribution in [1.29, 1.82) is 0 Å². The molecule has 0 aliphatic heterocycles. The van der Waals surface area contributed by atoms with Gasteiger partial charge in [0.2, 0.25) is 0 Å². The molecule has 2 aromatic rings. The molecule has 0 amide bonds. The van der Waals surface area contributed by atoms with Crippen molar-refractivity contribution in [2.24, 2.45) is 0 Å². The summed E-state index contributed by atoms with van der Waals surface area (Å²) in [6, 6.07) is 7.66. The summed E-state index contributed by atoms with van der Waals surface area (Å²) in [6.45, 7) is 0.427. The fourth-order valence-corrected chi connectivity index (χ4v) is 4.25. The van der Waals surface area contributed by atoms with Gasteiger partial charge in [0.25, 0.3) is 0 Å². The Balaban J connectivity index is 2.20. The number of fused-ring (bicyclic) bond motifs is 1. The van der Waals surface area contributed by atoms with Gasteiger partial charge in [0, 0.05) is 29.7 Å². The van der Waals surface area contributed by atoms with Crippen molar-refractivity contribution in [1.82, 2.24) is 0 Å². The fraction of sp³-hybridized carbons (Fsp3) is 0.294. The van der Waals surface area contributed by atoms with E-state index in [9.17, 15) is 14.7 Å². The lowest BCUT2D eigenvalue weighted by Crippen LogP contribution is -2.14. The van der Waals surface area contributed by atoms with E-state index in [-0.39, 0.29) is 17.8 Å². The summed E-state index contributed by atoms with van der Waals surface area (Å²) in [4.78, 5) is 25.2. The van der Waals surface area contributed by atoms with Gasteiger partial charge >= 0.3 is 5.97 Å². The summed E-state index contributed by atoms with van der Waals surface area (Å²) in [6.07, 6.45) is 1.39. The standard InChI is InChI=1S/C17H16O4S/c1-21-9-10-4-2-3-5-12(10)16-15(17(19)20)13-8-11(18)6-7-14(13)22-16/h2-5H,6-9H2,1H3,(H,19,20). The van der Waals surface area contributed by atoms with Crippen LogP contribution in [0.1, 0.15) is 32.8 Å².